The Morgan fingerprint density at radius 2 is 2.05 bits per heavy atom. The number of nitrogens with zero attached hydrogens (tertiary/aromatic N) is 3. The average molecular weight is 251 g/mol. The van der Waals surface area contributed by atoms with Crippen LogP contribution in [0.3, 0.4) is 0 Å². The summed E-state index contributed by atoms with van der Waals surface area (Å²) in [5.74, 6) is 0. The molecule has 0 atom stereocenters. The van der Waals surface area contributed by atoms with Gasteiger partial charge in [0.05, 0.1) is 0 Å². The van der Waals surface area contributed by atoms with Gasteiger partial charge in [-0.05, 0) is 31.5 Å². The summed E-state index contributed by atoms with van der Waals surface area (Å²) in [6.45, 7) is 4.87. The number of rotatable bonds is 3. The minimum absolute atomic E-state index is 0.499. The van der Waals surface area contributed by atoms with Crippen molar-refractivity contribution in [2.45, 2.75) is 20.4 Å². The van der Waals surface area contributed by atoms with E-state index >= 15 is 0 Å². The van der Waals surface area contributed by atoms with Crippen LogP contribution >= 0.6 is 0 Å². The molecule has 0 saturated carbocycles. The normalized spacial score (nSPS) is 10.0. The quantitative estimate of drug-likeness (QED) is 0.841. The Hall–Kier alpha value is -2.34. The smallest absolute Gasteiger partial charge is 0.145 e. The van der Waals surface area contributed by atoms with Crippen molar-refractivity contribution in [2.75, 3.05) is 11.9 Å². The van der Waals surface area contributed by atoms with E-state index in [1.807, 2.05) is 19.2 Å². The van der Waals surface area contributed by atoms with Crippen LogP contribution in [0.2, 0.25) is 0 Å². The zero-order valence-electron chi connectivity index (χ0n) is 11.5. The summed E-state index contributed by atoms with van der Waals surface area (Å²) in [5.41, 5.74) is 5.13. The average Bonchev–Trinajstić information content (AvgIpc) is 2.39. The van der Waals surface area contributed by atoms with Crippen molar-refractivity contribution in [1.82, 2.24) is 4.98 Å². The summed E-state index contributed by atoms with van der Waals surface area (Å²) in [6.07, 6.45) is 1.65. The Labute approximate surface area is 114 Å². The third-order valence-electron chi connectivity index (χ3n) is 3.17. The van der Waals surface area contributed by atoms with E-state index in [1.165, 1.54) is 16.8 Å². The van der Waals surface area contributed by atoms with Crippen LogP contribution in [0.15, 0.2) is 36.5 Å². The lowest BCUT2D eigenvalue weighted by Crippen LogP contribution is -2.18. The second-order valence-corrected chi connectivity index (χ2v) is 4.77. The molecule has 1 heterocycles. The van der Waals surface area contributed by atoms with Crippen LogP contribution in [-0.4, -0.2) is 12.0 Å². The molecular formula is C16H17N3. The van der Waals surface area contributed by atoms with Gasteiger partial charge in [0.25, 0.3) is 0 Å². The van der Waals surface area contributed by atoms with Crippen LogP contribution < -0.4 is 4.90 Å². The first kappa shape index (κ1) is 13.1. The molecule has 1 aromatic carbocycles. The fourth-order valence-electron chi connectivity index (χ4n) is 2.24. The Kier molecular flexibility index (Phi) is 3.82. The molecule has 3 nitrogen and oxygen atoms in total. The fraction of sp³-hybridized carbons (Fsp3) is 0.250. The molecule has 96 valence electrons. The predicted octanol–water partition coefficient (Wildman–Crippen LogP) is 3.21. The highest BCUT2D eigenvalue weighted by Crippen LogP contribution is 2.22. The van der Waals surface area contributed by atoms with Crippen LogP contribution in [0, 0.1) is 25.2 Å². The van der Waals surface area contributed by atoms with Crippen LogP contribution in [0.1, 0.15) is 22.4 Å². The number of benzene rings is 1. The lowest BCUT2D eigenvalue weighted by Gasteiger charge is -2.22. The molecule has 3 heteroatoms. The molecule has 0 aliphatic rings. The zero-order valence-corrected chi connectivity index (χ0v) is 11.5. The van der Waals surface area contributed by atoms with Crippen LogP contribution in [0.5, 0.6) is 0 Å². The number of pyridine rings is 1. The number of hydrogen-bond donors (Lipinski definition) is 0. The Morgan fingerprint density at radius 3 is 2.74 bits per heavy atom. The van der Waals surface area contributed by atoms with Crippen molar-refractivity contribution >= 4 is 5.69 Å². The van der Waals surface area contributed by atoms with Crippen molar-refractivity contribution in [3.63, 3.8) is 0 Å². The van der Waals surface area contributed by atoms with Crippen LogP contribution in [0.25, 0.3) is 0 Å². The van der Waals surface area contributed by atoms with Crippen molar-refractivity contribution < 1.29 is 0 Å². The molecule has 2 aromatic rings. The molecule has 0 N–H and O–H groups in total. The molecule has 0 fully saturated rings. The molecule has 0 saturated heterocycles. The van der Waals surface area contributed by atoms with Crippen molar-refractivity contribution in [1.29, 1.82) is 5.26 Å². The van der Waals surface area contributed by atoms with Gasteiger partial charge in [0.15, 0.2) is 0 Å². The third kappa shape index (κ3) is 2.92. The highest BCUT2D eigenvalue weighted by atomic mass is 15.1. The van der Waals surface area contributed by atoms with Gasteiger partial charge >= 0.3 is 0 Å². The van der Waals surface area contributed by atoms with Gasteiger partial charge in [0.1, 0.15) is 11.8 Å². The second kappa shape index (κ2) is 5.53. The van der Waals surface area contributed by atoms with Gasteiger partial charge in [-0.2, -0.15) is 5.26 Å². The SMILES string of the molecule is Cc1ccc(N(C)Cc2cccnc2C#N)c(C)c1. The van der Waals surface area contributed by atoms with E-state index in [2.05, 4.69) is 48.0 Å². The monoisotopic (exact) mass is 251 g/mol. The van der Waals surface area contributed by atoms with E-state index in [0.29, 0.717) is 12.2 Å². The summed E-state index contributed by atoms with van der Waals surface area (Å²) in [7, 11) is 2.03. The number of anilines is 1. The van der Waals surface area contributed by atoms with Gasteiger partial charge in [0, 0.05) is 31.0 Å². The molecule has 2 rings (SSSR count). The minimum Gasteiger partial charge on any atom is -0.370 e. The van der Waals surface area contributed by atoms with Gasteiger partial charge in [-0.15, -0.1) is 0 Å². The van der Waals surface area contributed by atoms with Gasteiger partial charge in [-0.25, -0.2) is 4.98 Å². The molecule has 19 heavy (non-hydrogen) atoms. The molecule has 0 aliphatic carbocycles. The molecule has 0 aliphatic heterocycles. The molecule has 0 spiro atoms. The summed E-state index contributed by atoms with van der Waals surface area (Å²) in [5, 5.41) is 9.06. The van der Waals surface area contributed by atoms with E-state index in [9.17, 15) is 0 Å². The predicted molar refractivity (Wildman–Crippen MR) is 77.0 cm³/mol. The number of hydrogen-bond acceptors (Lipinski definition) is 3. The van der Waals surface area contributed by atoms with E-state index in [1.54, 1.807) is 6.20 Å². The summed E-state index contributed by atoms with van der Waals surface area (Å²) < 4.78 is 0. The maximum atomic E-state index is 9.06. The van der Waals surface area contributed by atoms with Crippen LogP contribution in [-0.2, 0) is 6.54 Å². The minimum atomic E-state index is 0.499. The molecule has 1 aromatic heterocycles. The van der Waals surface area contributed by atoms with E-state index < -0.39 is 0 Å². The van der Waals surface area contributed by atoms with Gasteiger partial charge in [-0.3, -0.25) is 0 Å². The first-order chi connectivity index (χ1) is 9.11. The summed E-state index contributed by atoms with van der Waals surface area (Å²) in [4.78, 5) is 6.24. The largest absolute Gasteiger partial charge is 0.370 e. The van der Waals surface area contributed by atoms with Crippen molar-refractivity contribution in [3.05, 3.63) is 58.9 Å². The molecule has 0 bridgehead atoms. The Balaban J connectivity index is 2.26. The lowest BCUT2D eigenvalue weighted by molar-refractivity contribution is 0.904. The molecule has 0 amide bonds. The van der Waals surface area contributed by atoms with Crippen LogP contribution in [0.4, 0.5) is 5.69 Å². The lowest BCUT2D eigenvalue weighted by atomic mass is 10.1. The van der Waals surface area contributed by atoms with Gasteiger partial charge in [-0.1, -0.05) is 23.8 Å². The first-order valence-corrected chi connectivity index (χ1v) is 6.24. The zero-order chi connectivity index (χ0) is 13.8. The second-order valence-electron chi connectivity index (χ2n) is 4.77. The topological polar surface area (TPSA) is 39.9 Å². The number of aryl methyl sites for hydroxylation is 2. The maximum absolute atomic E-state index is 9.06. The van der Waals surface area contributed by atoms with Crippen molar-refractivity contribution in [2.24, 2.45) is 0 Å². The summed E-state index contributed by atoms with van der Waals surface area (Å²) >= 11 is 0. The van der Waals surface area contributed by atoms with Gasteiger partial charge < -0.3 is 4.90 Å². The highest BCUT2D eigenvalue weighted by molar-refractivity contribution is 5.54. The number of aromatic nitrogens is 1. The molecular weight excluding hydrogens is 234 g/mol. The molecule has 0 radical (unpaired) electrons. The summed E-state index contributed by atoms with van der Waals surface area (Å²) in [6, 6.07) is 12.3. The third-order valence-corrected chi connectivity index (χ3v) is 3.17. The Bertz CT molecular complexity index is 626. The maximum Gasteiger partial charge on any atom is 0.145 e. The Morgan fingerprint density at radius 1 is 1.26 bits per heavy atom. The van der Waals surface area contributed by atoms with Gasteiger partial charge in [0.2, 0.25) is 0 Å². The van der Waals surface area contributed by atoms with E-state index in [-0.39, 0.29) is 0 Å². The first-order valence-electron chi connectivity index (χ1n) is 6.24. The number of nitriles is 1. The highest BCUT2D eigenvalue weighted by Gasteiger charge is 2.08. The fourth-order valence-corrected chi connectivity index (χ4v) is 2.24. The molecule has 0 unspecified atom stereocenters. The van der Waals surface area contributed by atoms with E-state index in [4.69, 9.17) is 5.26 Å². The van der Waals surface area contributed by atoms with Crippen molar-refractivity contribution in [3.8, 4) is 6.07 Å². The standard InChI is InChI=1S/C16H17N3/c1-12-6-7-16(13(2)9-12)19(3)11-14-5-4-8-18-15(14)10-17/h4-9H,11H2,1-3H3. The van der Waals surface area contributed by atoms with E-state index in [0.717, 1.165) is 5.56 Å².